The van der Waals surface area contributed by atoms with E-state index >= 15 is 0 Å². The molecule has 0 saturated heterocycles. The Balaban J connectivity index is 2.14. The van der Waals surface area contributed by atoms with Gasteiger partial charge in [0.1, 0.15) is 0 Å². The van der Waals surface area contributed by atoms with E-state index in [0.717, 1.165) is 17.7 Å². The number of carbonyl (C=O) groups is 1. The Morgan fingerprint density at radius 3 is 2.53 bits per heavy atom. The fourth-order valence-corrected chi connectivity index (χ4v) is 2.24. The van der Waals surface area contributed by atoms with E-state index in [9.17, 15) is 4.79 Å². The van der Waals surface area contributed by atoms with Crippen LogP contribution in [0.15, 0.2) is 54.6 Å². The minimum Gasteiger partial charge on any atom is -0.326 e. The molecule has 2 rings (SSSR count). The Labute approximate surface area is 118 Å². The van der Waals surface area contributed by atoms with E-state index in [1.165, 1.54) is 0 Å². The van der Waals surface area contributed by atoms with E-state index in [1.54, 1.807) is 12.1 Å². The number of benzene rings is 2. The summed E-state index contributed by atoms with van der Waals surface area (Å²) in [5, 5.41) is 3.53. The molecule has 3 heteroatoms. The van der Waals surface area contributed by atoms with Gasteiger partial charge in [-0.05, 0) is 30.2 Å². The number of anilines is 1. The summed E-state index contributed by atoms with van der Waals surface area (Å²) in [6.45, 7) is 2.01. The molecule has 19 heavy (non-hydrogen) atoms. The van der Waals surface area contributed by atoms with Crippen molar-refractivity contribution in [3.05, 3.63) is 65.2 Å². The number of rotatable bonds is 4. The Kier molecular flexibility index (Phi) is 4.58. The summed E-state index contributed by atoms with van der Waals surface area (Å²) < 4.78 is 0. The zero-order valence-corrected chi connectivity index (χ0v) is 11.5. The van der Waals surface area contributed by atoms with Gasteiger partial charge >= 0.3 is 0 Å². The molecule has 0 radical (unpaired) electrons. The molecule has 0 unspecified atom stereocenters. The number of halogens is 1. The third kappa shape index (κ3) is 3.58. The van der Waals surface area contributed by atoms with Crippen LogP contribution in [0.2, 0.25) is 5.02 Å². The predicted octanol–water partition coefficient (Wildman–Crippen LogP) is 4.47. The molecule has 0 heterocycles. The van der Waals surface area contributed by atoms with Crippen molar-refractivity contribution >= 4 is 23.2 Å². The molecule has 0 aromatic heterocycles. The molecule has 1 amide bonds. The molecule has 2 aromatic rings. The summed E-state index contributed by atoms with van der Waals surface area (Å²) in [5.41, 5.74) is 1.76. The highest BCUT2D eigenvalue weighted by molar-refractivity contribution is 6.30. The van der Waals surface area contributed by atoms with Crippen LogP contribution in [0, 0.1) is 0 Å². The summed E-state index contributed by atoms with van der Waals surface area (Å²) in [7, 11) is 0. The quantitative estimate of drug-likeness (QED) is 0.875. The Hall–Kier alpha value is -1.80. The largest absolute Gasteiger partial charge is 0.326 e. The van der Waals surface area contributed by atoms with Crippen molar-refractivity contribution in [2.75, 3.05) is 5.32 Å². The van der Waals surface area contributed by atoms with E-state index in [-0.39, 0.29) is 11.8 Å². The molecule has 0 aliphatic carbocycles. The molecule has 2 nitrogen and oxygen atoms in total. The van der Waals surface area contributed by atoms with Crippen LogP contribution in [0.5, 0.6) is 0 Å². The average Bonchev–Trinajstić information content (AvgIpc) is 2.41. The normalized spacial score (nSPS) is 11.9. The summed E-state index contributed by atoms with van der Waals surface area (Å²) in [4.78, 5) is 12.3. The average molecular weight is 274 g/mol. The highest BCUT2D eigenvalue weighted by Gasteiger charge is 2.18. The Morgan fingerprint density at radius 2 is 1.89 bits per heavy atom. The lowest BCUT2D eigenvalue weighted by atomic mass is 9.95. The van der Waals surface area contributed by atoms with Gasteiger partial charge in [-0.15, -0.1) is 0 Å². The molecular weight excluding hydrogens is 258 g/mol. The molecule has 0 saturated carbocycles. The predicted molar refractivity (Wildman–Crippen MR) is 79.6 cm³/mol. The molecule has 1 atom stereocenters. The van der Waals surface area contributed by atoms with Crippen molar-refractivity contribution in [1.29, 1.82) is 0 Å². The second-order valence-electron chi connectivity index (χ2n) is 4.37. The summed E-state index contributed by atoms with van der Waals surface area (Å²) in [6, 6.07) is 17.0. The van der Waals surface area contributed by atoms with E-state index in [0.29, 0.717) is 5.02 Å². The van der Waals surface area contributed by atoms with Crippen LogP contribution in [0.4, 0.5) is 5.69 Å². The zero-order chi connectivity index (χ0) is 13.7. The lowest BCUT2D eigenvalue weighted by molar-refractivity contribution is -0.117. The van der Waals surface area contributed by atoms with Gasteiger partial charge in [-0.1, -0.05) is 54.9 Å². The van der Waals surface area contributed by atoms with Crippen LogP contribution >= 0.6 is 11.6 Å². The molecule has 0 bridgehead atoms. The van der Waals surface area contributed by atoms with Gasteiger partial charge in [0.05, 0.1) is 5.92 Å². The number of amides is 1. The van der Waals surface area contributed by atoms with Crippen molar-refractivity contribution in [3.63, 3.8) is 0 Å². The second kappa shape index (κ2) is 6.39. The Morgan fingerprint density at radius 1 is 1.16 bits per heavy atom. The van der Waals surface area contributed by atoms with E-state index in [2.05, 4.69) is 5.32 Å². The first-order chi connectivity index (χ1) is 9.20. The molecule has 0 spiro atoms. The van der Waals surface area contributed by atoms with Gasteiger partial charge < -0.3 is 5.32 Å². The van der Waals surface area contributed by atoms with Gasteiger partial charge in [-0.3, -0.25) is 4.79 Å². The first-order valence-corrected chi connectivity index (χ1v) is 6.70. The highest BCUT2D eigenvalue weighted by Crippen LogP contribution is 2.22. The summed E-state index contributed by atoms with van der Waals surface area (Å²) >= 11 is 5.91. The van der Waals surface area contributed by atoms with Crippen molar-refractivity contribution in [1.82, 2.24) is 0 Å². The second-order valence-corrected chi connectivity index (χ2v) is 4.81. The maximum atomic E-state index is 12.3. The minimum absolute atomic E-state index is 0.00373. The smallest absolute Gasteiger partial charge is 0.231 e. The molecular formula is C16H16ClNO. The number of nitrogens with one attached hydrogen (secondary N) is 1. The molecule has 0 aliphatic heterocycles. The maximum absolute atomic E-state index is 12.3. The van der Waals surface area contributed by atoms with Crippen LogP contribution < -0.4 is 5.32 Å². The van der Waals surface area contributed by atoms with Gasteiger partial charge in [-0.25, -0.2) is 0 Å². The summed E-state index contributed by atoms with van der Waals surface area (Å²) in [6.07, 6.45) is 0.760. The highest BCUT2D eigenvalue weighted by atomic mass is 35.5. The Bertz CT molecular complexity index is 554. The molecule has 2 aromatic carbocycles. The third-order valence-corrected chi connectivity index (χ3v) is 3.25. The van der Waals surface area contributed by atoms with Gasteiger partial charge in [0.2, 0.25) is 5.91 Å². The topological polar surface area (TPSA) is 29.1 Å². The lowest BCUT2D eigenvalue weighted by Gasteiger charge is -2.15. The summed E-state index contributed by atoms with van der Waals surface area (Å²) in [5.74, 6) is -0.142. The molecule has 98 valence electrons. The van der Waals surface area contributed by atoms with E-state index < -0.39 is 0 Å². The van der Waals surface area contributed by atoms with Gasteiger partial charge in [0, 0.05) is 10.7 Å². The van der Waals surface area contributed by atoms with Gasteiger partial charge in [0.15, 0.2) is 0 Å². The van der Waals surface area contributed by atoms with Crippen LogP contribution in [0.3, 0.4) is 0 Å². The van der Waals surface area contributed by atoms with Crippen molar-refractivity contribution in [2.24, 2.45) is 0 Å². The van der Waals surface area contributed by atoms with Crippen LogP contribution in [0.1, 0.15) is 24.8 Å². The first kappa shape index (κ1) is 13.6. The van der Waals surface area contributed by atoms with E-state index in [1.807, 2.05) is 49.4 Å². The van der Waals surface area contributed by atoms with Crippen molar-refractivity contribution < 1.29 is 4.79 Å². The monoisotopic (exact) mass is 273 g/mol. The van der Waals surface area contributed by atoms with Gasteiger partial charge in [-0.2, -0.15) is 0 Å². The molecule has 0 aliphatic rings. The molecule has 0 fully saturated rings. The van der Waals surface area contributed by atoms with Gasteiger partial charge in [0.25, 0.3) is 0 Å². The third-order valence-electron chi connectivity index (χ3n) is 3.02. The molecule has 1 N–H and O–H groups in total. The van der Waals surface area contributed by atoms with Crippen LogP contribution in [-0.4, -0.2) is 5.91 Å². The van der Waals surface area contributed by atoms with Crippen molar-refractivity contribution in [3.8, 4) is 0 Å². The SMILES string of the molecule is CC[C@@H](C(=O)Nc1cccc(Cl)c1)c1ccccc1. The standard InChI is InChI=1S/C16H16ClNO/c1-2-15(12-7-4-3-5-8-12)16(19)18-14-10-6-9-13(17)11-14/h3-11,15H,2H2,1H3,(H,18,19)/t15-/m1/s1. The van der Waals surface area contributed by atoms with Crippen LogP contribution in [0.25, 0.3) is 0 Å². The zero-order valence-electron chi connectivity index (χ0n) is 10.8. The number of hydrogen-bond acceptors (Lipinski definition) is 1. The maximum Gasteiger partial charge on any atom is 0.231 e. The fraction of sp³-hybridized carbons (Fsp3) is 0.188. The van der Waals surface area contributed by atoms with E-state index in [4.69, 9.17) is 11.6 Å². The van der Waals surface area contributed by atoms with Crippen molar-refractivity contribution in [2.45, 2.75) is 19.3 Å². The fourth-order valence-electron chi connectivity index (χ4n) is 2.05. The van der Waals surface area contributed by atoms with Crippen LogP contribution in [-0.2, 0) is 4.79 Å². The number of carbonyl (C=O) groups excluding carboxylic acids is 1. The minimum atomic E-state index is -0.139. The first-order valence-electron chi connectivity index (χ1n) is 6.32. The number of hydrogen-bond donors (Lipinski definition) is 1. The lowest BCUT2D eigenvalue weighted by Crippen LogP contribution is -2.20.